The van der Waals surface area contributed by atoms with E-state index in [1.165, 1.54) is 22.3 Å². The van der Waals surface area contributed by atoms with Crippen LogP contribution >= 0.6 is 22.9 Å². The largest absolute Gasteiger partial charge is 0.462 e. The van der Waals surface area contributed by atoms with Crippen molar-refractivity contribution in [2.75, 3.05) is 11.9 Å². The molecule has 1 heterocycles. The van der Waals surface area contributed by atoms with Crippen molar-refractivity contribution in [3.8, 4) is 0 Å². The summed E-state index contributed by atoms with van der Waals surface area (Å²) in [6.45, 7) is 2.34. The van der Waals surface area contributed by atoms with Crippen molar-refractivity contribution in [1.29, 1.82) is 0 Å². The van der Waals surface area contributed by atoms with Gasteiger partial charge in [-0.25, -0.2) is 4.79 Å². The summed E-state index contributed by atoms with van der Waals surface area (Å²) < 4.78 is 5.35. The van der Waals surface area contributed by atoms with Crippen LogP contribution in [-0.2, 0) is 22.4 Å². The summed E-state index contributed by atoms with van der Waals surface area (Å²) in [4.78, 5) is 26.1. The summed E-state index contributed by atoms with van der Waals surface area (Å²) in [5.41, 5.74) is 2.42. The van der Waals surface area contributed by atoms with Crippen LogP contribution in [0, 0.1) is 0 Å². The minimum atomic E-state index is -0.342. The lowest BCUT2D eigenvalue weighted by atomic mass is 9.95. The Kier molecular flexibility index (Phi) is 6.69. The highest BCUT2D eigenvalue weighted by Crippen LogP contribution is 2.38. The van der Waals surface area contributed by atoms with Crippen LogP contribution < -0.4 is 5.32 Å². The average Bonchev–Trinajstić information content (AvgIpc) is 3.02. The molecule has 142 valence electrons. The smallest absolute Gasteiger partial charge is 0.341 e. The molecule has 1 amide bonds. The quantitative estimate of drug-likeness (QED) is 0.511. The standard InChI is InChI=1S/C21H22ClNO3S/c1-2-12-26-21(25)19-16-8-3-4-9-17(16)27-20(19)23-18(24)11-10-14-6-5-7-15(22)13-14/h5-7,10-11,13H,2-4,8-9,12H2,1H3,(H,23,24)/b11-10+. The Bertz CT molecular complexity index is 872. The Labute approximate surface area is 168 Å². The first-order valence-corrected chi connectivity index (χ1v) is 10.3. The fourth-order valence-electron chi connectivity index (χ4n) is 3.07. The molecule has 0 fully saturated rings. The van der Waals surface area contributed by atoms with E-state index < -0.39 is 0 Å². The molecule has 1 aliphatic carbocycles. The van der Waals surface area contributed by atoms with Crippen molar-refractivity contribution in [3.05, 3.63) is 56.9 Å². The average molecular weight is 404 g/mol. The molecule has 1 aromatic carbocycles. The van der Waals surface area contributed by atoms with Crippen molar-refractivity contribution >= 4 is 45.9 Å². The van der Waals surface area contributed by atoms with Crippen LogP contribution in [0.5, 0.6) is 0 Å². The number of ether oxygens (including phenoxy) is 1. The Morgan fingerprint density at radius 2 is 2.11 bits per heavy atom. The van der Waals surface area contributed by atoms with E-state index >= 15 is 0 Å². The summed E-state index contributed by atoms with van der Waals surface area (Å²) in [6.07, 6.45) is 7.88. The highest BCUT2D eigenvalue weighted by atomic mass is 35.5. The zero-order valence-electron chi connectivity index (χ0n) is 15.2. The number of halogens is 1. The number of thiophene rings is 1. The lowest BCUT2D eigenvalue weighted by Crippen LogP contribution is -2.14. The highest BCUT2D eigenvalue weighted by Gasteiger charge is 2.27. The number of carbonyl (C=O) groups is 2. The van der Waals surface area contributed by atoms with Crippen LogP contribution in [0.1, 0.15) is 52.5 Å². The van der Waals surface area contributed by atoms with E-state index in [-0.39, 0.29) is 11.9 Å². The van der Waals surface area contributed by atoms with E-state index in [1.807, 2.05) is 19.1 Å². The molecule has 0 spiro atoms. The van der Waals surface area contributed by atoms with Gasteiger partial charge in [-0.3, -0.25) is 4.79 Å². The first-order valence-electron chi connectivity index (χ1n) is 9.14. The second-order valence-corrected chi connectivity index (χ2v) is 7.97. The van der Waals surface area contributed by atoms with Crippen molar-refractivity contribution in [1.82, 2.24) is 0 Å². The van der Waals surface area contributed by atoms with Crippen molar-refractivity contribution in [3.63, 3.8) is 0 Å². The third-order valence-electron chi connectivity index (χ3n) is 4.33. The predicted octanol–water partition coefficient (Wildman–Crippen LogP) is 5.50. The Hall–Kier alpha value is -2.11. The summed E-state index contributed by atoms with van der Waals surface area (Å²) in [5, 5.41) is 4.07. The third kappa shape index (κ3) is 4.99. The van der Waals surface area contributed by atoms with Gasteiger partial charge >= 0.3 is 5.97 Å². The number of esters is 1. The van der Waals surface area contributed by atoms with E-state index in [0.717, 1.165) is 43.2 Å². The minimum Gasteiger partial charge on any atom is -0.462 e. The second kappa shape index (κ2) is 9.20. The molecule has 1 N–H and O–H groups in total. The normalized spacial score (nSPS) is 13.4. The Balaban J connectivity index is 1.80. The number of aryl methyl sites for hydroxylation is 1. The summed E-state index contributed by atoms with van der Waals surface area (Å²) in [6, 6.07) is 7.26. The predicted molar refractivity (Wildman–Crippen MR) is 111 cm³/mol. The monoisotopic (exact) mass is 403 g/mol. The first kappa shape index (κ1) is 19.6. The molecule has 3 rings (SSSR count). The number of hydrogen-bond donors (Lipinski definition) is 1. The number of hydrogen-bond acceptors (Lipinski definition) is 4. The van der Waals surface area contributed by atoms with Crippen LogP contribution in [-0.4, -0.2) is 18.5 Å². The molecule has 0 aliphatic heterocycles. The SMILES string of the molecule is CCCOC(=O)c1c(NC(=O)/C=C/c2cccc(Cl)c2)sc2c1CCCC2. The van der Waals surface area contributed by atoms with Gasteiger partial charge in [0.1, 0.15) is 5.00 Å². The summed E-state index contributed by atoms with van der Waals surface area (Å²) >= 11 is 7.45. The lowest BCUT2D eigenvalue weighted by Gasteiger charge is -2.12. The highest BCUT2D eigenvalue weighted by molar-refractivity contribution is 7.17. The molecule has 6 heteroatoms. The van der Waals surface area contributed by atoms with Crippen molar-refractivity contribution in [2.45, 2.75) is 39.0 Å². The van der Waals surface area contributed by atoms with Gasteiger partial charge in [-0.1, -0.05) is 30.7 Å². The molecule has 4 nitrogen and oxygen atoms in total. The molecular formula is C21H22ClNO3S. The zero-order valence-corrected chi connectivity index (χ0v) is 16.8. The molecule has 27 heavy (non-hydrogen) atoms. The minimum absolute atomic E-state index is 0.280. The maximum Gasteiger partial charge on any atom is 0.341 e. The molecule has 1 aromatic heterocycles. The number of rotatable bonds is 6. The number of fused-ring (bicyclic) bond motifs is 1. The molecule has 0 bridgehead atoms. The Morgan fingerprint density at radius 1 is 1.30 bits per heavy atom. The first-order chi connectivity index (χ1) is 13.1. The van der Waals surface area contributed by atoms with E-state index in [1.54, 1.807) is 18.2 Å². The van der Waals surface area contributed by atoms with E-state index in [2.05, 4.69) is 5.32 Å². The summed E-state index contributed by atoms with van der Waals surface area (Å²) in [5.74, 6) is -0.622. The molecule has 0 radical (unpaired) electrons. The number of carbonyl (C=O) groups excluding carboxylic acids is 2. The van der Waals surface area contributed by atoms with Crippen LogP contribution in [0.3, 0.4) is 0 Å². The van der Waals surface area contributed by atoms with Crippen LogP contribution in [0.25, 0.3) is 6.08 Å². The van der Waals surface area contributed by atoms with Crippen LogP contribution in [0.2, 0.25) is 5.02 Å². The molecule has 0 atom stereocenters. The van der Waals surface area contributed by atoms with Crippen molar-refractivity contribution < 1.29 is 14.3 Å². The maximum absolute atomic E-state index is 12.6. The van der Waals surface area contributed by atoms with E-state index in [4.69, 9.17) is 16.3 Å². The van der Waals surface area contributed by atoms with Gasteiger partial charge in [-0.15, -0.1) is 11.3 Å². The number of benzene rings is 1. The molecule has 1 aliphatic rings. The fraction of sp³-hybridized carbons (Fsp3) is 0.333. The molecule has 0 saturated carbocycles. The van der Waals surface area contributed by atoms with E-state index in [0.29, 0.717) is 22.2 Å². The van der Waals surface area contributed by atoms with Crippen molar-refractivity contribution in [2.24, 2.45) is 0 Å². The topological polar surface area (TPSA) is 55.4 Å². The number of nitrogens with one attached hydrogen (secondary N) is 1. The maximum atomic E-state index is 12.6. The number of amides is 1. The van der Waals surface area contributed by atoms with Gasteiger partial charge in [0, 0.05) is 16.0 Å². The van der Waals surface area contributed by atoms with Gasteiger partial charge in [-0.2, -0.15) is 0 Å². The molecular weight excluding hydrogens is 382 g/mol. The molecule has 0 unspecified atom stereocenters. The fourth-order valence-corrected chi connectivity index (χ4v) is 4.55. The van der Waals surface area contributed by atoms with Gasteiger partial charge in [0.05, 0.1) is 12.2 Å². The number of anilines is 1. The lowest BCUT2D eigenvalue weighted by molar-refractivity contribution is -0.111. The van der Waals surface area contributed by atoms with Gasteiger partial charge in [0.15, 0.2) is 0 Å². The van der Waals surface area contributed by atoms with Crippen LogP contribution in [0.15, 0.2) is 30.3 Å². The summed E-state index contributed by atoms with van der Waals surface area (Å²) in [7, 11) is 0. The van der Waals surface area contributed by atoms with Gasteiger partial charge < -0.3 is 10.1 Å². The van der Waals surface area contributed by atoms with E-state index in [9.17, 15) is 9.59 Å². The van der Waals surface area contributed by atoms with Gasteiger partial charge in [0.2, 0.25) is 5.91 Å². The zero-order chi connectivity index (χ0) is 19.2. The van der Waals surface area contributed by atoms with Gasteiger partial charge in [0.25, 0.3) is 0 Å². The second-order valence-electron chi connectivity index (χ2n) is 6.43. The third-order valence-corrected chi connectivity index (χ3v) is 5.77. The van der Waals surface area contributed by atoms with Crippen LogP contribution in [0.4, 0.5) is 5.00 Å². The molecule has 0 saturated heterocycles. The molecule has 2 aromatic rings. The Morgan fingerprint density at radius 3 is 2.89 bits per heavy atom. The van der Waals surface area contributed by atoms with Gasteiger partial charge in [-0.05, 0) is 61.4 Å².